The number of carbonyl (C=O) groups is 2. The Balaban J connectivity index is 1.73. The number of ether oxygens (including phenoxy) is 1. The van der Waals surface area contributed by atoms with Crippen LogP contribution >= 0.6 is 0 Å². The molecule has 0 spiro atoms. The Morgan fingerprint density at radius 2 is 2.16 bits per heavy atom. The van der Waals surface area contributed by atoms with Gasteiger partial charge in [-0.3, -0.25) is 19.2 Å². The van der Waals surface area contributed by atoms with E-state index in [2.05, 4.69) is 10.4 Å². The van der Waals surface area contributed by atoms with Crippen LogP contribution in [0.3, 0.4) is 0 Å². The lowest BCUT2D eigenvalue weighted by atomic mass is 10.1. The van der Waals surface area contributed by atoms with E-state index in [1.54, 1.807) is 23.0 Å². The van der Waals surface area contributed by atoms with Gasteiger partial charge in [0.1, 0.15) is 12.3 Å². The van der Waals surface area contributed by atoms with Gasteiger partial charge in [-0.05, 0) is 26.0 Å². The van der Waals surface area contributed by atoms with Crippen molar-refractivity contribution in [3.63, 3.8) is 0 Å². The highest BCUT2D eigenvalue weighted by molar-refractivity contribution is 6.00. The molecule has 0 radical (unpaired) electrons. The van der Waals surface area contributed by atoms with Crippen LogP contribution in [0.1, 0.15) is 30.6 Å². The number of hydrogen-bond acceptors (Lipinski definition) is 4. The average Bonchev–Trinajstić information content (AvgIpc) is 2.83. The molecule has 0 saturated heterocycles. The Labute approximate surface area is 146 Å². The molecule has 0 saturated carbocycles. The first kappa shape index (κ1) is 17.0. The zero-order chi connectivity index (χ0) is 18.0. The molecule has 2 amide bonds. The van der Waals surface area contributed by atoms with Crippen molar-refractivity contribution in [3.05, 3.63) is 41.7 Å². The number of hydrogen-bond donors (Lipinski definition) is 1. The molecular weight excluding hydrogens is 320 g/mol. The third-order valence-electron chi connectivity index (χ3n) is 4.45. The van der Waals surface area contributed by atoms with Gasteiger partial charge in [-0.15, -0.1) is 0 Å². The van der Waals surface area contributed by atoms with Crippen LogP contribution in [0.4, 0.5) is 5.69 Å². The molecule has 1 N–H and O–H groups in total. The summed E-state index contributed by atoms with van der Waals surface area (Å²) in [5.41, 5.74) is 2.59. The topological polar surface area (TPSA) is 76.5 Å². The van der Waals surface area contributed by atoms with Crippen molar-refractivity contribution in [1.29, 1.82) is 0 Å². The summed E-state index contributed by atoms with van der Waals surface area (Å²) in [4.78, 5) is 26.4. The van der Waals surface area contributed by atoms with E-state index in [0.717, 1.165) is 11.3 Å². The van der Waals surface area contributed by atoms with Gasteiger partial charge < -0.3 is 10.1 Å². The summed E-state index contributed by atoms with van der Waals surface area (Å²) < 4.78 is 7.36. The number of nitrogens with zero attached hydrogens (tertiary/aromatic N) is 3. The normalized spacial score (nSPS) is 15.2. The Morgan fingerprint density at radius 1 is 1.40 bits per heavy atom. The van der Waals surface area contributed by atoms with Crippen LogP contribution in [0.5, 0.6) is 5.75 Å². The van der Waals surface area contributed by atoms with Gasteiger partial charge in [0.25, 0.3) is 0 Å². The highest BCUT2D eigenvalue weighted by Gasteiger charge is 2.25. The third-order valence-corrected chi connectivity index (χ3v) is 4.45. The molecule has 25 heavy (non-hydrogen) atoms. The minimum Gasteiger partial charge on any atom is -0.491 e. The molecule has 1 aromatic carbocycles. The largest absolute Gasteiger partial charge is 0.491 e. The predicted octanol–water partition coefficient (Wildman–Crippen LogP) is 1.72. The Bertz CT molecular complexity index is 799. The molecule has 1 aliphatic rings. The molecule has 7 nitrogen and oxygen atoms in total. The van der Waals surface area contributed by atoms with Crippen molar-refractivity contribution in [2.24, 2.45) is 7.05 Å². The Morgan fingerprint density at radius 3 is 2.88 bits per heavy atom. The molecule has 3 rings (SSSR count). The van der Waals surface area contributed by atoms with Crippen molar-refractivity contribution in [2.45, 2.75) is 26.3 Å². The first-order valence-electron chi connectivity index (χ1n) is 8.27. The molecule has 2 heterocycles. The zero-order valence-electron chi connectivity index (χ0n) is 14.7. The van der Waals surface area contributed by atoms with Crippen molar-refractivity contribution in [2.75, 3.05) is 18.1 Å². The van der Waals surface area contributed by atoms with Crippen molar-refractivity contribution in [1.82, 2.24) is 15.1 Å². The highest BCUT2D eigenvalue weighted by Crippen LogP contribution is 2.30. The number of aromatic nitrogens is 2. The second kappa shape index (κ2) is 6.96. The number of para-hydroxylation sites is 2. The third kappa shape index (κ3) is 3.50. The number of benzene rings is 1. The Kier molecular flexibility index (Phi) is 4.74. The van der Waals surface area contributed by atoms with Gasteiger partial charge in [-0.1, -0.05) is 12.1 Å². The van der Waals surface area contributed by atoms with Gasteiger partial charge in [-0.25, -0.2) is 0 Å². The van der Waals surface area contributed by atoms with Gasteiger partial charge in [0.2, 0.25) is 11.8 Å². The number of anilines is 1. The zero-order valence-corrected chi connectivity index (χ0v) is 14.7. The standard InChI is InChI=1S/C18H22N4O3/c1-12(14-10-19-21(3)13(14)2)20-17(23)11-22-15-6-4-5-7-16(15)25-9-8-18(22)24/h4-7,10,12H,8-9,11H2,1-3H3,(H,20,23)/t12-/m0/s1. The fraction of sp³-hybridized carbons (Fsp3) is 0.389. The smallest absolute Gasteiger partial charge is 0.240 e. The summed E-state index contributed by atoms with van der Waals surface area (Å²) >= 11 is 0. The monoisotopic (exact) mass is 342 g/mol. The lowest BCUT2D eigenvalue weighted by Crippen LogP contribution is -2.41. The van der Waals surface area contributed by atoms with Gasteiger partial charge in [0.05, 0.1) is 31.0 Å². The first-order chi connectivity index (χ1) is 12.0. The van der Waals surface area contributed by atoms with E-state index in [1.807, 2.05) is 33.0 Å². The maximum atomic E-state index is 12.5. The minimum atomic E-state index is -0.221. The summed E-state index contributed by atoms with van der Waals surface area (Å²) in [5, 5.41) is 7.14. The number of fused-ring (bicyclic) bond motifs is 1. The van der Waals surface area contributed by atoms with E-state index in [4.69, 9.17) is 4.74 Å². The molecule has 0 unspecified atom stereocenters. The van der Waals surface area contributed by atoms with E-state index < -0.39 is 0 Å². The summed E-state index contributed by atoms with van der Waals surface area (Å²) in [6.07, 6.45) is 2.00. The summed E-state index contributed by atoms with van der Waals surface area (Å²) in [7, 11) is 1.86. The summed E-state index contributed by atoms with van der Waals surface area (Å²) in [5.74, 6) is 0.281. The molecule has 132 valence electrons. The highest BCUT2D eigenvalue weighted by atomic mass is 16.5. The molecule has 2 aromatic rings. The average molecular weight is 342 g/mol. The second-order valence-corrected chi connectivity index (χ2v) is 6.14. The lowest BCUT2D eigenvalue weighted by Gasteiger charge is -2.22. The lowest BCUT2D eigenvalue weighted by molar-refractivity contribution is -0.124. The van der Waals surface area contributed by atoms with Gasteiger partial charge in [0.15, 0.2) is 0 Å². The van der Waals surface area contributed by atoms with E-state index in [0.29, 0.717) is 18.0 Å². The molecule has 1 aliphatic heterocycles. The van der Waals surface area contributed by atoms with Crippen LogP contribution in [-0.2, 0) is 16.6 Å². The van der Waals surface area contributed by atoms with Crippen molar-refractivity contribution >= 4 is 17.5 Å². The van der Waals surface area contributed by atoms with Gasteiger partial charge in [-0.2, -0.15) is 5.10 Å². The van der Waals surface area contributed by atoms with Crippen molar-refractivity contribution < 1.29 is 14.3 Å². The van der Waals surface area contributed by atoms with E-state index in [1.165, 1.54) is 4.90 Å². The SMILES string of the molecule is Cc1c([C@H](C)NC(=O)CN2C(=O)CCOc3ccccc32)cnn1C. The van der Waals surface area contributed by atoms with Crippen LogP contribution in [0.25, 0.3) is 0 Å². The number of aryl methyl sites for hydroxylation is 1. The van der Waals surface area contributed by atoms with Crippen LogP contribution in [0.2, 0.25) is 0 Å². The maximum absolute atomic E-state index is 12.5. The molecule has 1 atom stereocenters. The molecule has 1 aromatic heterocycles. The quantitative estimate of drug-likeness (QED) is 0.918. The minimum absolute atomic E-state index is 0.0388. The summed E-state index contributed by atoms with van der Waals surface area (Å²) in [6, 6.07) is 7.09. The molecular formula is C18H22N4O3. The van der Waals surface area contributed by atoms with Crippen molar-refractivity contribution in [3.8, 4) is 5.75 Å². The maximum Gasteiger partial charge on any atom is 0.240 e. The van der Waals surface area contributed by atoms with Crippen LogP contribution < -0.4 is 15.0 Å². The first-order valence-corrected chi connectivity index (χ1v) is 8.27. The summed E-state index contributed by atoms with van der Waals surface area (Å²) in [6.45, 7) is 4.14. The number of carbonyl (C=O) groups excluding carboxylic acids is 2. The number of nitrogens with one attached hydrogen (secondary N) is 1. The molecule has 7 heteroatoms. The predicted molar refractivity (Wildman–Crippen MR) is 93.4 cm³/mol. The van der Waals surface area contributed by atoms with E-state index in [-0.39, 0.29) is 30.8 Å². The fourth-order valence-corrected chi connectivity index (χ4v) is 2.94. The number of amides is 2. The van der Waals surface area contributed by atoms with Gasteiger partial charge >= 0.3 is 0 Å². The van der Waals surface area contributed by atoms with E-state index in [9.17, 15) is 9.59 Å². The number of rotatable bonds is 4. The fourth-order valence-electron chi connectivity index (χ4n) is 2.94. The van der Waals surface area contributed by atoms with Crippen LogP contribution in [0, 0.1) is 6.92 Å². The van der Waals surface area contributed by atoms with E-state index >= 15 is 0 Å². The van der Waals surface area contributed by atoms with Crippen LogP contribution in [-0.4, -0.2) is 34.7 Å². The van der Waals surface area contributed by atoms with Gasteiger partial charge in [0, 0.05) is 18.3 Å². The molecule has 0 bridgehead atoms. The second-order valence-electron chi connectivity index (χ2n) is 6.14. The molecule has 0 aliphatic carbocycles. The molecule has 0 fully saturated rings. The van der Waals surface area contributed by atoms with Crippen LogP contribution in [0.15, 0.2) is 30.5 Å². The Hall–Kier alpha value is -2.83.